The smallest absolute Gasteiger partial charge is 0.409 e. The summed E-state index contributed by atoms with van der Waals surface area (Å²) in [5.74, 6) is 1.61. The molecule has 11 heteroatoms. The monoisotopic (exact) mass is 436 g/mol. The van der Waals surface area contributed by atoms with Crippen LogP contribution in [0.1, 0.15) is 6.92 Å². The van der Waals surface area contributed by atoms with Crippen molar-refractivity contribution in [2.24, 2.45) is 0 Å². The lowest BCUT2D eigenvalue weighted by atomic mass is 10.2. The fraction of sp³-hybridized carbons (Fsp3) is 0.474. The average molecular weight is 436 g/mol. The molecule has 0 radical (unpaired) electrons. The van der Waals surface area contributed by atoms with E-state index in [-0.39, 0.29) is 17.8 Å². The van der Waals surface area contributed by atoms with Crippen LogP contribution >= 0.6 is 11.8 Å². The first-order valence-electron chi connectivity index (χ1n) is 9.43. The molecule has 0 N–H and O–H groups in total. The van der Waals surface area contributed by atoms with Gasteiger partial charge in [0.15, 0.2) is 11.5 Å². The normalized spacial score (nSPS) is 13.8. The third-order valence-corrected chi connectivity index (χ3v) is 5.32. The Hall–Kier alpha value is -2.95. The van der Waals surface area contributed by atoms with Crippen molar-refractivity contribution >= 4 is 23.8 Å². The number of benzene rings is 1. The maximum atomic E-state index is 12.5. The first-order valence-corrected chi connectivity index (χ1v) is 10.4. The predicted octanol–water partition coefficient (Wildman–Crippen LogP) is 2.15. The van der Waals surface area contributed by atoms with Crippen molar-refractivity contribution in [3.63, 3.8) is 0 Å². The molecule has 10 nitrogen and oxygen atoms in total. The number of hydrogen-bond acceptors (Lipinski definition) is 9. The highest BCUT2D eigenvalue weighted by Crippen LogP contribution is 2.32. The zero-order valence-corrected chi connectivity index (χ0v) is 17.9. The van der Waals surface area contributed by atoms with Gasteiger partial charge >= 0.3 is 6.09 Å². The summed E-state index contributed by atoms with van der Waals surface area (Å²) in [4.78, 5) is 27.5. The van der Waals surface area contributed by atoms with Crippen LogP contribution in [0.25, 0.3) is 11.5 Å². The van der Waals surface area contributed by atoms with Crippen LogP contribution in [0.2, 0.25) is 0 Å². The Morgan fingerprint density at radius 2 is 1.77 bits per heavy atom. The van der Waals surface area contributed by atoms with Crippen molar-refractivity contribution in [3.05, 3.63) is 18.2 Å². The summed E-state index contributed by atoms with van der Waals surface area (Å²) in [6.07, 6.45) is -0.340. The molecule has 162 valence electrons. The van der Waals surface area contributed by atoms with E-state index in [2.05, 4.69) is 10.2 Å². The van der Waals surface area contributed by atoms with E-state index in [4.69, 9.17) is 18.6 Å². The van der Waals surface area contributed by atoms with Gasteiger partial charge in [0.1, 0.15) is 0 Å². The van der Waals surface area contributed by atoms with Gasteiger partial charge in [0, 0.05) is 31.7 Å². The van der Waals surface area contributed by atoms with Gasteiger partial charge < -0.3 is 28.4 Å². The zero-order valence-electron chi connectivity index (χ0n) is 17.1. The van der Waals surface area contributed by atoms with E-state index in [1.165, 1.54) is 11.8 Å². The summed E-state index contributed by atoms with van der Waals surface area (Å²) in [6, 6.07) is 5.29. The van der Waals surface area contributed by atoms with Crippen LogP contribution in [0.4, 0.5) is 4.79 Å². The van der Waals surface area contributed by atoms with Crippen LogP contribution in [0.3, 0.4) is 0 Å². The zero-order chi connectivity index (χ0) is 21.5. The summed E-state index contributed by atoms with van der Waals surface area (Å²) < 4.78 is 21.2. The van der Waals surface area contributed by atoms with E-state index in [1.54, 1.807) is 49.1 Å². The van der Waals surface area contributed by atoms with E-state index in [0.29, 0.717) is 61.0 Å². The molecule has 0 spiro atoms. The van der Waals surface area contributed by atoms with Gasteiger partial charge in [0.05, 0.1) is 26.6 Å². The highest BCUT2D eigenvalue weighted by molar-refractivity contribution is 7.99. The molecule has 1 aliphatic heterocycles. The maximum absolute atomic E-state index is 12.5. The first-order chi connectivity index (χ1) is 14.5. The molecule has 0 bridgehead atoms. The van der Waals surface area contributed by atoms with Crippen molar-refractivity contribution in [3.8, 4) is 23.0 Å². The molecule has 0 saturated carbocycles. The molecule has 1 fully saturated rings. The molecule has 30 heavy (non-hydrogen) atoms. The highest BCUT2D eigenvalue weighted by Gasteiger charge is 2.25. The summed E-state index contributed by atoms with van der Waals surface area (Å²) in [7, 11) is 3.11. The SMILES string of the molecule is CCOC(=O)N1CCN(C(=O)CSc2nnc(-c3ccc(OC)c(OC)c3)o2)CC1. The molecule has 0 unspecified atom stereocenters. The van der Waals surface area contributed by atoms with Crippen LogP contribution in [0.15, 0.2) is 27.8 Å². The third-order valence-electron chi connectivity index (χ3n) is 4.51. The Morgan fingerprint density at radius 3 is 2.43 bits per heavy atom. The molecule has 2 aromatic rings. The number of ether oxygens (including phenoxy) is 3. The van der Waals surface area contributed by atoms with Gasteiger partial charge in [-0.05, 0) is 25.1 Å². The van der Waals surface area contributed by atoms with Crippen LogP contribution < -0.4 is 9.47 Å². The van der Waals surface area contributed by atoms with Crippen LogP contribution in [0.5, 0.6) is 11.5 Å². The number of piperazine rings is 1. The lowest BCUT2D eigenvalue weighted by molar-refractivity contribution is -0.129. The Morgan fingerprint density at radius 1 is 1.07 bits per heavy atom. The summed E-state index contributed by atoms with van der Waals surface area (Å²) in [5, 5.41) is 8.34. The Bertz CT molecular complexity index is 882. The van der Waals surface area contributed by atoms with E-state index in [9.17, 15) is 9.59 Å². The number of thioether (sulfide) groups is 1. The largest absolute Gasteiger partial charge is 0.493 e. The minimum atomic E-state index is -0.340. The van der Waals surface area contributed by atoms with E-state index < -0.39 is 0 Å². The fourth-order valence-corrected chi connectivity index (χ4v) is 3.59. The number of methoxy groups -OCH3 is 2. The molecule has 1 aliphatic rings. The molecule has 3 rings (SSSR count). The number of rotatable bonds is 7. The van der Waals surface area contributed by atoms with Crippen LogP contribution in [-0.2, 0) is 9.53 Å². The van der Waals surface area contributed by atoms with Gasteiger partial charge in [0.25, 0.3) is 5.22 Å². The molecule has 2 amide bonds. The van der Waals surface area contributed by atoms with Gasteiger partial charge in [0.2, 0.25) is 11.8 Å². The number of hydrogen-bond donors (Lipinski definition) is 0. The second-order valence-corrected chi connectivity index (χ2v) is 7.22. The Balaban J connectivity index is 1.52. The molecule has 2 heterocycles. The van der Waals surface area contributed by atoms with Crippen molar-refractivity contribution in [2.75, 3.05) is 52.8 Å². The van der Waals surface area contributed by atoms with Crippen LogP contribution in [-0.4, -0.2) is 84.8 Å². The number of carbonyl (C=O) groups excluding carboxylic acids is 2. The van der Waals surface area contributed by atoms with Crippen LogP contribution in [0, 0.1) is 0 Å². The number of nitrogens with zero attached hydrogens (tertiary/aromatic N) is 4. The number of aromatic nitrogens is 2. The maximum Gasteiger partial charge on any atom is 0.409 e. The van der Waals surface area contributed by atoms with Crippen molar-refractivity contribution in [2.45, 2.75) is 12.1 Å². The Kier molecular flexibility index (Phi) is 7.39. The van der Waals surface area contributed by atoms with Gasteiger partial charge in [-0.15, -0.1) is 10.2 Å². The van der Waals surface area contributed by atoms with E-state index >= 15 is 0 Å². The molecule has 1 aromatic carbocycles. The molecular formula is C19H24N4O6S. The lowest BCUT2D eigenvalue weighted by Crippen LogP contribution is -2.51. The molecule has 1 aromatic heterocycles. The summed E-state index contributed by atoms with van der Waals surface area (Å²) in [5.41, 5.74) is 0.688. The minimum absolute atomic E-state index is 0.0469. The standard InChI is InChI=1S/C19H24N4O6S/c1-4-28-19(25)23-9-7-22(8-10-23)16(24)12-30-18-21-20-17(29-18)13-5-6-14(26-2)15(11-13)27-3/h5-6,11H,4,7-10,12H2,1-3H3. The van der Waals surface area contributed by atoms with Gasteiger partial charge in [-0.1, -0.05) is 11.8 Å². The predicted molar refractivity (Wildman–Crippen MR) is 109 cm³/mol. The lowest BCUT2D eigenvalue weighted by Gasteiger charge is -2.33. The second kappa shape index (κ2) is 10.2. The van der Waals surface area contributed by atoms with E-state index in [0.717, 1.165) is 0 Å². The molecule has 0 atom stereocenters. The molecule has 0 aliphatic carbocycles. The fourth-order valence-electron chi connectivity index (χ4n) is 2.92. The van der Waals surface area contributed by atoms with Crippen molar-refractivity contribution in [1.29, 1.82) is 0 Å². The molecule has 1 saturated heterocycles. The van der Waals surface area contributed by atoms with Gasteiger partial charge in [-0.25, -0.2) is 4.79 Å². The van der Waals surface area contributed by atoms with E-state index in [1.807, 2.05) is 0 Å². The van der Waals surface area contributed by atoms with Gasteiger partial charge in [-0.2, -0.15) is 0 Å². The highest BCUT2D eigenvalue weighted by atomic mass is 32.2. The Labute approximate surface area is 178 Å². The van der Waals surface area contributed by atoms with Gasteiger partial charge in [-0.3, -0.25) is 4.79 Å². The third kappa shape index (κ3) is 5.15. The topological polar surface area (TPSA) is 107 Å². The quantitative estimate of drug-likeness (QED) is 0.603. The first kappa shape index (κ1) is 21.8. The van der Waals surface area contributed by atoms with Crippen molar-refractivity contribution < 1.29 is 28.2 Å². The molecular weight excluding hydrogens is 412 g/mol. The minimum Gasteiger partial charge on any atom is -0.493 e. The van der Waals surface area contributed by atoms with Crippen molar-refractivity contribution in [1.82, 2.24) is 20.0 Å². The number of carbonyl (C=O) groups is 2. The summed E-state index contributed by atoms with van der Waals surface area (Å²) in [6.45, 7) is 3.96. The number of amides is 2. The summed E-state index contributed by atoms with van der Waals surface area (Å²) >= 11 is 1.18. The second-order valence-electron chi connectivity index (χ2n) is 6.30. The average Bonchev–Trinajstić information content (AvgIpc) is 3.26.